The molecule has 0 aliphatic heterocycles. The summed E-state index contributed by atoms with van der Waals surface area (Å²) in [6, 6.07) is 14.2. The fraction of sp³-hybridized carbons (Fsp3) is 0.0556. The molecule has 1 amide bonds. The molecule has 7 heteroatoms. The van der Waals surface area contributed by atoms with Crippen molar-refractivity contribution in [3.63, 3.8) is 0 Å². The van der Waals surface area contributed by atoms with Crippen LogP contribution in [0.3, 0.4) is 0 Å². The van der Waals surface area contributed by atoms with Crippen LogP contribution >= 0.6 is 0 Å². The van der Waals surface area contributed by atoms with Gasteiger partial charge in [0.15, 0.2) is 0 Å². The number of rotatable bonds is 3. The van der Waals surface area contributed by atoms with Crippen LogP contribution in [0.15, 0.2) is 68.7 Å². The van der Waals surface area contributed by atoms with E-state index in [4.69, 9.17) is 4.42 Å². The Morgan fingerprint density at radius 1 is 1.04 bits per heavy atom. The molecule has 4 aromatic rings. The third-order valence-corrected chi connectivity index (χ3v) is 3.87. The van der Waals surface area contributed by atoms with Crippen molar-refractivity contribution in [2.45, 2.75) is 6.54 Å². The molecule has 0 atom stereocenters. The van der Waals surface area contributed by atoms with Gasteiger partial charge in [-0.15, -0.1) is 0 Å². The van der Waals surface area contributed by atoms with Gasteiger partial charge in [0.2, 0.25) is 5.91 Å². The van der Waals surface area contributed by atoms with Crippen molar-refractivity contribution in [2.75, 3.05) is 5.32 Å². The first-order valence-corrected chi connectivity index (χ1v) is 7.61. The molecule has 0 aliphatic rings. The van der Waals surface area contributed by atoms with E-state index in [1.165, 1.54) is 12.3 Å². The van der Waals surface area contributed by atoms with E-state index in [2.05, 4.69) is 10.3 Å². The molecule has 0 saturated heterocycles. The summed E-state index contributed by atoms with van der Waals surface area (Å²) in [6.45, 7) is -0.195. The molecule has 0 fully saturated rings. The molecular formula is C18H13N3O4. The SMILES string of the molecule is O=C(Cn1ccc(=O)[nH]c1=O)Nc1ccc2oc3ccccc3c2c1. The number of aromatic amines is 1. The second kappa shape index (κ2) is 5.79. The molecule has 0 radical (unpaired) electrons. The lowest BCUT2D eigenvalue weighted by Gasteiger charge is -2.07. The minimum absolute atomic E-state index is 0.195. The standard InChI is InChI=1S/C18H13N3O4/c22-16-7-8-21(18(24)20-16)10-17(23)19-11-5-6-15-13(9-11)12-3-1-2-4-14(12)25-15/h1-9H,10H2,(H,19,23)(H,20,22,24). The van der Waals surface area contributed by atoms with Gasteiger partial charge in [0, 0.05) is 28.7 Å². The summed E-state index contributed by atoms with van der Waals surface area (Å²) in [7, 11) is 0. The Morgan fingerprint density at radius 3 is 2.68 bits per heavy atom. The minimum Gasteiger partial charge on any atom is -0.456 e. The average Bonchev–Trinajstić information content (AvgIpc) is 2.95. The summed E-state index contributed by atoms with van der Waals surface area (Å²) in [5.41, 5.74) is 0.983. The van der Waals surface area contributed by atoms with Crippen LogP contribution in [-0.2, 0) is 11.3 Å². The van der Waals surface area contributed by atoms with Gasteiger partial charge in [-0.25, -0.2) is 4.79 Å². The smallest absolute Gasteiger partial charge is 0.328 e. The number of fused-ring (bicyclic) bond motifs is 3. The van der Waals surface area contributed by atoms with Crippen molar-refractivity contribution >= 4 is 33.5 Å². The molecule has 2 aromatic carbocycles. The van der Waals surface area contributed by atoms with Crippen LogP contribution < -0.4 is 16.6 Å². The third-order valence-electron chi connectivity index (χ3n) is 3.87. The van der Waals surface area contributed by atoms with E-state index < -0.39 is 11.2 Å². The maximum atomic E-state index is 12.2. The molecule has 7 nitrogen and oxygen atoms in total. The average molecular weight is 335 g/mol. The van der Waals surface area contributed by atoms with Crippen molar-refractivity contribution < 1.29 is 9.21 Å². The molecule has 0 spiro atoms. The number of amides is 1. The lowest BCUT2D eigenvalue weighted by atomic mass is 10.1. The monoisotopic (exact) mass is 335 g/mol. The van der Waals surface area contributed by atoms with E-state index in [0.717, 1.165) is 26.5 Å². The number of hydrogen-bond acceptors (Lipinski definition) is 4. The summed E-state index contributed by atoms with van der Waals surface area (Å²) in [4.78, 5) is 37.0. The van der Waals surface area contributed by atoms with Gasteiger partial charge in [-0.05, 0) is 24.3 Å². The van der Waals surface area contributed by atoms with E-state index in [0.29, 0.717) is 5.69 Å². The molecule has 2 N–H and O–H groups in total. The highest BCUT2D eigenvalue weighted by molar-refractivity contribution is 6.06. The zero-order chi connectivity index (χ0) is 17.4. The number of anilines is 1. The molecule has 25 heavy (non-hydrogen) atoms. The largest absolute Gasteiger partial charge is 0.456 e. The van der Waals surface area contributed by atoms with Crippen molar-refractivity contribution in [3.8, 4) is 0 Å². The van der Waals surface area contributed by atoms with Gasteiger partial charge in [-0.2, -0.15) is 0 Å². The van der Waals surface area contributed by atoms with Crippen LogP contribution in [0.5, 0.6) is 0 Å². The Hall–Kier alpha value is -3.61. The number of para-hydroxylation sites is 1. The van der Waals surface area contributed by atoms with Crippen LogP contribution in [0.25, 0.3) is 21.9 Å². The van der Waals surface area contributed by atoms with E-state index >= 15 is 0 Å². The number of aromatic nitrogens is 2. The number of H-pyrrole nitrogens is 1. The normalized spacial score (nSPS) is 11.0. The van der Waals surface area contributed by atoms with Gasteiger partial charge in [0.25, 0.3) is 5.56 Å². The van der Waals surface area contributed by atoms with Crippen molar-refractivity contribution in [1.29, 1.82) is 0 Å². The van der Waals surface area contributed by atoms with Crippen molar-refractivity contribution in [3.05, 3.63) is 75.6 Å². The molecule has 4 rings (SSSR count). The van der Waals surface area contributed by atoms with Crippen LogP contribution in [0.1, 0.15) is 0 Å². The molecule has 0 saturated carbocycles. The fourth-order valence-corrected chi connectivity index (χ4v) is 2.73. The highest BCUT2D eigenvalue weighted by Crippen LogP contribution is 2.30. The minimum atomic E-state index is -0.626. The summed E-state index contributed by atoms with van der Waals surface area (Å²) in [5.74, 6) is -0.374. The lowest BCUT2D eigenvalue weighted by molar-refractivity contribution is -0.116. The Labute approximate surface area is 140 Å². The number of hydrogen-bond donors (Lipinski definition) is 2. The number of furan rings is 1. The molecule has 2 heterocycles. The fourth-order valence-electron chi connectivity index (χ4n) is 2.73. The topological polar surface area (TPSA) is 97.1 Å². The lowest BCUT2D eigenvalue weighted by Crippen LogP contribution is -2.32. The van der Waals surface area contributed by atoms with Gasteiger partial charge in [0.05, 0.1) is 0 Å². The Kier molecular flexibility index (Phi) is 3.46. The van der Waals surface area contributed by atoms with Crippen LogP contribution in [0.4, 0.5) is 5.69 Å². The van der Waals surface area contributed by atoms with Gasteiger partial charge in [-0.3, -0.25) is 19.1 Å². The predicted octanol–water partition coefficient (Wildman–Crippen LogP) is 2.07. The second-order valence-corrected chi connectivity index (χ2v) is 5.60. The first-order valence-electron chi connectivity index (χ1n) is 7.61. The quantitative estimate of drug-likeness (QED) is 0.599. The van der Waals surface area contributed by atoms with E-state index in [9.17, 15) is 14.4 Å². The Morgan fingerprint density at radius 2 is 1.84 bits per heavy atom. The number of nitrogens with one attached hydrogen (secondary N) is 2. The van der Waals surface area contributed by atoms with Crippen molar-refractivity contribution in [2.24, 2.45) is 0 Å². The van der Waals surface area contributed by atoms with Gasteiger partial charge in [0.1, 0.15) is 17.7 Å². The van der Waals surface area contributed by atoms with E-state index in [1.807, 2.05) is 30.3 Å². The maximum Gasteiger partial charge on any atom is 0.328 e. The molecular weight excluding hydrogens is 322 g/mol. The second-order valence-electron chi connectivity index (χ2n) is 5.60. The summed E-state index contributed by atoms with van der Waals surface area (Å²) < 4.78 is 6.87. The zero-order valence-corrected chi connectivity index (χ0v) is 13.0. The summed E-state index contributed by atoms with van der Waals surface area (Å²) in [6.07, 6.45) is 1.29. The highest BCUT2D eigenvalue weighted by Gasteiger charge is 2.09. The van der Waals surface area contributed by atoms with Gasteiger partial charge < -0.3 is 9.73 Å². The Bertz CT molecular complexity index is 1220. The van der Waals surface area contributed by atoms with Crippen LogP contribution in [0.2, 0.25) is 0 Å². The van der Waals surface area contributed by atoms with Crippen molar-refractivity contribution in [1.82, 2.24) is 9.55 Å². The van der Waals surface area contributed by atoms with Crippen LogP contribution in [-0.4, -0.2) is 15.5 Å². The molecule has 124 valence electrons. The van der Waals surface area contributed by atoms with Gasteiger partial charge in [-0.1, -0.05) is 18.2 Å². The molecule has 0 bridgehead atoms. The first kappa shape index (κ1) is 14.9. The summed E-state index contributed by atoms with van der Waals surface area (Å²) in [5, 5.41) is 4.61. The van der Waals surface area contributed by atoms with Crippen LogP contribution in [0, 0.1) is 0 Å². The number of nitrogens with zero attached hydrogens (tertiary/aromatic N) is 1. The van der Waals surface area contributed by atoms with Gasteiger partial charge >= 0.3 is 5.69 Å². The number of carbonyl (C=O) groups is 1. The molecule has 0 aliphatic carbocycles. The maximum absolute atomic E-state index is 12.2. The zero-order valence-electron chi connectivity index (χ0n) is 13.0. The molecule has 2 aromatic heterocycles. The summed E-state index contributed by atoms with van der Waals surface area (Å²) >= 11 is 0. The first-order chi connectivity index (χ1) is 12.1. The Balaban J connectivity index is 1.61. The predicted molar refractivity (Wildman–Crippen MR) is 93.7 cm³/mol. The number of benzene rings is 2. The highest BCUT2D eigenvalue weighted by atomic mass is 16.3. The van der Waals surface area contributed by atoms with E-state index in [1.54, 1.807) is 12.1 Å². The number of carbonyl (C=O) groups excluding carboxylic acids is 1. The molecule has 0 unspecified atom stereocenters. The van der Waals surface area contributed by atoms with E-state index in [-0.39, 0.29) is 12.5 Å². The third kappa shape index (κ3) is 2.83.